The van der Waals surface area contributed by atoms with Gasteiger partial charge in [0.2, 0.25) is 10.0 Å². The van der Waals surface area contributed by atoms with E-state index >= 15 is 0 Å². The number of benzene rings is 1. The van der Waals surface area contributed by atoms with Gasteiger partial charge in [0, 0.05) is 29.9 Å². The highest BCUT2D eigenvalue weighted by Gasteiger charge is 2.54. The summed E-state index contributed by atoms with van der Waals surface area (Å²) in [6.07, 6.45) is 0.996. The van der Waals surface area contributed by atoms with Crippen molar-refractivity contribution in [2.24, 2.45) is 7.05 Å². The number of ether oxygens (including phenoxy) is 1. The number of nitrogens with zero attached hydrogens (tertiary/aromatic N) is 1. The minimum Gasteiger partial charge on any atom is -0.396 e. The third-order valence-corrected chi connectivity index (χ3v) is 8.07. The Morgan fingerprint density at radius 3 is 2.57 bits per heavy atom. The molecule has 0 radical (unpaired) electrons. The monoisotopic (exact) mass is 551 g/mol. The van der Waals surface area contributed by atoms with Crippen molar-refractivity contribution in [3.05, 3.63) is 49.6 Å². The van der Waals surface area contributed by atoms with E-state index in [1.54, 1.807) is 6.07 Å². The van der Waals surface area contributed by atoms with Crippen LogP contribution in [0, 0.1) is 9.39 Å². The quantitative estimate of drug-likeness (QED) is 0.414. The number of hydrogen-bond donors (Lipinski definition) is 3. The highest BCUT2D eigenvalue weighted by atomic mass is 127. The first-order valence-corrected chi connectivity index (χ1v) is 11.8. The van der Waals surface area contributed by atoms with E-state index in [0.717, 1.165) is 0 Å². The fourth-order valence-corrected chi connectivity index (χ4v) is 5.37. The molecule has 1 fully saturated rings. The first-order valence-electron chi connectivity index (χ1n) is 9.21. The van der Waals surface area contributed by atoms with E-state index in [9.17, 15) is 22.7 Å². The van der Waals surface area contributed by atoms with Crippen molar-refractivity contribution < 1.29 is 22.7 Å². The van der Waals surface area contributed by atoms with Gasteiger partial charge in [0.05, 0.1) is 22.7 Å². The number of hydrogen-bond acceptors (Lipinski definition) is 6. The van der Waals surface area contributed by atoms with Crippen LogP contribution in [0.3, 0.4) is 0 Å². The van der Waals surface area contributed by atoms with Crippen molar-refractivity contribution in [1.29, 1.82) is 0 Å². The Labute approximate surface area is 187 Å². The van der Waals surface area contributed by atoms with Crippen molar-refractivity contribution >= 4 is 49.8 Å². The summed E-state index contributed by atoms with van der Waals surface area (Å²) in [5, 5.41) is 12.1. The second-order valence-electron chi connectivity index (χ2n) is 7.24. The lowest BCUT2D eigenvalue weighted by molar-refractivity contribution is 0.183. The number of aliphatic hydroxyl groups excluding tert-OH is 1. The molecule has 1 saturated carbocycles. The summed E-state index contributed by atoms with van der Waals surface area (Å²) in [5.41, 5.74) is 0.0520. The molecule has 0 atom stereocenters. The summed E-state index contributed by atoms with van der Waals surface area (Å²) < 4.78 is 48.9. The van der Waals surface area contributed by atoms with Crippen LogP contribution in [0.15, 0.2) is 29.1 Å². The molecular weight excluding hydrogens is 528 g/mol. The molecule has 0 aliphatic heterocycles. The summed E-state index contributed by atoms with van der Waals surface area (Å²) in [7, 11) is -0.965. The number of pyridine rings is 1. The van der Waals surface area contributed by atoms with E-state index < -0.39 is 26.1 Å². The van der Waals surface area contributed by atoms with Crippen molar-refractivity contribution in [3.8, 4) is 0 Å². The van der Waals surface area contributed by atoms with Gasteiger partial charge in [-0.2, -0.15) is 0 Å². The van der Waals surface area contributed by atoms with E-state index in [-0.39, 0.29) is 42.4 Å². The summed E-state index contributed by atoms with van der Waals surface area (Å²) in [6.45, 7) is -0.260. The Hall–Kier alpha value is -1.70. The molecule has 1 heterocycles. The largest absolute Gasteiger partial charge is 0.396 e. The molecule has 3 N–H and O–H groups in total. The van der Waals surface area contributed by atoms with E-state index in [1.807, 2.05) is 22.6 Å². The maximum absolute atomic E-state index is 14.4. The third-order valence-electron chi connectivity index (χ3n) is 5.16. The van der Waals surface area contributed by atoms with Crippen LogP contribution in [-0.2, 0) is 28.4 Å². The molecule has 0 bridgehead atoms. The molecule has 11 heteroatoms. The highest BCUT2D eigenvalue weighted by molar-refractivity contribution is 14.1. The molecule has 0 spiro atoms. The zero-order valence-corrected chi connectivity index (χ0v) is 19.5. The summed E-state index contributed by atoms with van der Waals surface area (Å²) in [4.78, 5) is 12.7. The Bertz CT molecular complexity index is 1120. The second-order valence-corrected chi connectivity index (χ2v) is 10.6. The number of sulfonamides is 1. The van der Waals surface area contributed by atoms with Crippen molar-refractivity contribution in [2.45, 2.75) is 30.6 Å². The van der Waals surface area contributed by atoms with Gasteiger partial charge < -0.3 is 15.2 Å². The van der Waals surface area contributed by atoms with Crippen molar-refractivity contribution in [3.63, 3.8) is 0 Å². The number of aliphatic hydroxyl groups is 1. The van der Waals surface area contributed by atoms with Gasteiger partial charge in [0.1, 0.15) is 11.6 Å². The average Bonchev–Trinajstić information content (AvgIpc) is 3.46. The molecule has 30 heavy (non-hydrogen) atoms. The number of aromatic nitrogens is 1. The summed E-state index contributed by atoms with van der Waals surface area (Å²) in [5.74, 6) is -0.439. The molecule has 2 aromatic rings. The van der Waals surface area contributed by atoms with Crippen LogP contribution in [0.2, 0.25) is 0 Å². The molecule has 3 rings (SSSR count). The first-order chi connectivity index (χ1) is 14.1. The fraction of sp³-hybridized carbons (Fsp3) is 0.421. The van der Waals surface area contributed by atoms with Crippen LogP contribution in [0.5, 0.6) is 0 Å². The van der Waals surface area contributed by atoms with Gasteiger partial charge in [0.25, 0.3) is 5.56 Å². The van der Waals surface area contributed by atoms with Gasteiger partial charge in [0.15, 0.2) is 0 Å². The smallest absolute Gasteiger partial charge is 0.257 e. The van der Waals surface area contributed by atoms with E-state index in [0.29, 0.717) is 16.4 Å². The number of nitrogens with one attached hydrogen (secondary N) is 2. The lowest BCUT2D eigenvalue weighted by Crippen LogP contribution is -2.32. The van der Waals surface area contributed by atoms with Crippen LogP contribution >= 0.6 is 22.6 Å². The number of anilines is 3. The van der Waals surface area contributed by atoms with Crippen molar-refractivity contribution in [1.82, 2.24) is 4.57 Å². The van der Waals surface area contributed by atoms with Crippen LogP contribution < -0.4 is 15.6 Å². The van der Waals surface area contributed by atoms with Crippen LogP contribution in [0.1, 0.15) is 24.8 Å². The molecule has 1 aromatic carbocycles. The lowest BCUT2D eigenvalue weighted by Gasteiger charge is -2.22. The fourth-order valence-electron chi connectivity index (χ4n) is 3.26. The lowest BCUT2D eigenvalue weighted by atomic mass is 10.2. The maximum Gasteiger partial charge on any atom is 0.257 e. The normalized spacial score (nSPS) is 15.1. The van der Waals surface area contributed by atoms with Gasteiger partial charge in [-0.15, -0.1) is 0 Å². The number of halogens is 2. The first kappa shape index (κ1) is 23.0. The number of rotatable bonds is 9. The zero-order chi connectivity index (χ0) is 22.1. The average molecular weight is 551 g/mol. The molecular formula is C19H23FIN3O5S. The highest BCUT2D eigenvalue weighted by Crippen LogP contribution is 2.47. The molecule has 0 amide bonds. The van der Waals surface area contributed by atoms with E-state index in [2.05, 4.69) is 10.0 Å². The minimum atomic E-state index is -3.86. The Balaban J connectivity index is 2.09. The van der Waals surface area contributed by atoms with Crippen LogP contribution in [0.4, 0.5) is 21.6 Å². The zero-order valence-electron chi connectivity index (χ0n) is 16.5. The van der Waals surface area contributed by atoms with Gasteiger partial charge in [-0.25, -0.2) is 12.8 Å². The maximum atomic E-state index is 14.4. The predicted octanol–water partition coefficient (Wildman–Crippen LogP) is 2.68. The topological polar surface area (TPSA) is 110 Å². The Morgan fingerprint density at radius 1 is 1.30 bits per heavy atom. The van der Waals surface area contributed by atoms with Gasteiger partial charge in [-0.3, -0.25) is 14.1 Å². The van der Waals surface area contributed by atoms with Gasteiger partial charge >= 0.3 is 0 Å². The third kappa shape index (κ3) is 4.48. The predicted molar refractivity (Wildman–Crippen MR) is 121 cm³/mol. The molecule has 0 saturated heterocycles. The molecule has 164 valence electrons. The molecule has 8 nitrogen and oxygen atoms in total. The SMILES string of the molecule is COCc1cc(NS(=O)(=O)C2(CCO)CC2)c(Nc2ccc(I)cc2F)n(C)c1=O. The summed E-state index contributed by atoms with van der Waals surface area (Å²) >= 11 is 1.98. The minimum absolute atomic E-state index is 0.0125. The van der Waals surface area contributed by atoms with Crippen molar-refractivity contribution in [2.75, 3.05) is 23.8 Å². The molecule has 1 aromatic heterocycles. The molecule has 1 aliphatic carbocycles. The van der Waals surface area contributed by atoms with Gasteiger partial charge in [-0.05, 0) is 66.1 Å². The Morgan fingerprint density at radius 2 is 2.00 bits per heavy atom. The van der Waals surface area contributed by atoms with Crippen LogP contribution in [0.25, 0.3) is 0 Å². The van der Waals surface area contributed by atoms with E-state index in [4.69, 9.17) is 4.74 Å². The Kier molecular flexibility index (Phi) is 6.75. The number of methoxy groups -OCH3 is 1. The van der Waals surface area contributed by atoms with Gasteiger partial charge in [-0.1, -0.05) is 0 Å². The summed E-state index contributed by atoms with van der Waals surface area (Å²) in [6, 6.07) is 5.92. The second kappa shape index (κ2) is 8.81. The standard InChI is InChI=1S/C19H23FIN3O5S/c1-24-17(22-15-4-3-13(21)10-14(15)20)16(9-12(11-29-2)18(24)26)23-30(27,28)19(5-6-19)7-8-25/h3-4,9-10,22-23,25H,5-8,11H2,1-2H3. The molecule has 1 aliphatic rings. The van der Waals surface area contributed by atoms with E-state index in [1.165, 1.54) is 36.9 Å². The molecule has 0 unspecified atom stereocenters. The van der Waals surface area contributed by atoms with Crippen LogP contribution in [-0.4, -0.2) is 36.6 Å².